The molecule has 1 aromatic heterocycles. The molecule has 0 aliphatic heterocycles. The lowest BCUT2D eigenvalue weighted by atomic mass is 9.86. The number of nitrogens with zero attached hydrogens (tertiary/aromatic N) is 1. The monoisotopic (exact) mass is 351 g/mol. The zero-order valence-corrected chi connectivity index (χ0v) is 15.3. The van der Waals surface area contributed by atoms with Crippen LogP contribution >= 0.6 is 23.7 Å². The fourth-order valence-electron chi connectivity index (χ4n) is 3.55. The number of phenolic OH excluding ortho intramolecular Hbond substituents is 1. The van der Waals surface area contributed by atoms with Crippen molar-refractivity contribution in [3.05, 3.63) is 51.7 Å². The molecule has 4 heteroatoms. The number of aromatic hydroxyl groups is 1. The Bertz CT molecular complexity index is 599. The molecule has 0 saturated carbocycles. The zero-order valence-electron chi connectivity index (χ0n) is 13.7. The smallest absolute Gasteiger partial charge is 0.119 e. The molecule has 1 aliphatic rings. The molecule has 0 unspecified atom stereocenters. The number of hydrogen-bond donors (Lipinski definition) is 1. The Morgan fingerprint density at radius 1 is 1.22 bits per heavy atom. The molecular weight excluding hydrogens is 326 g/mol. The molecule has 0 radical (unpaired) electrons. The van der Waals surface area contributed by atoms with Crippen LogP contribution in [0, 0.1) is 0 Å². The summed E-state index contributed by atoms with van der Waals surface area (Å²) >= 11 is 1.86. The first-order chi connectivity index (χ1) is 10.8. The maximum Gasteiger partial charge on any atom is 0.119 e. The lowest BCUT2D eigenvalue weighted by Crippen LogP contribution is -2.41. The fraction of sp³-hybridized carbons (Fsp3) is 0.474. The van der Waals surface area contributed by atoms with Crippen LogP contribution in [-0.2, 0) is 19.3 Å². The minimum absolute atomic E-state index is 0. The molecule has 3 rings (SSSR count). The molecule has 0 amide bonds. The Morgan fingerprint density at radius 2 is 2.09 bits per heavy atom. The van der Waals surface area contributed by atoms with Gasteiger partial charge in [0.15, 0.2) is 0 Å². The number of phenols is 1. The maximum absolute atomic E-state index is 10.0. The summed E-state index contributed by atoms with van der Waals surface area (Å²) in [6.07, 6.45) is 5.60. The van der Waals surface area contributed by atoms with Crippen LogP contribution in [0.15, 0.2) is 35.7 Å². The number of fused-ring (bicyclic) bond motifs is 1. The number of benzene rings is 1. The second kappa shape index (κ2) is 8.72. The first-order valence-corrected chi connectivity index (χ1v) is 9.22. The van der Waals surface area contributed by atoms with Gasteiger partial charge in [-0.2, -0.15) is 0 Å². The van der Waals surface area contributed by atoms with Crippen LogP contribution in [0.4, 0.5) is 0 Å². The molecule has 1 aliphatic carbocycles. The van der Waals surface area contributed by atoms with E-state index in [9.17, 15) is 5.11 Å². The Kier molecular flexibility index (Phi) is 6.94. The average molecular weight is 352 g/mol. The van der Waals surface area contributed by atoms with Crippen molar-refractivity contribution in [3.8, 4) is 5.75 Å². The lowest BCUT2D eigenvalue weighted by Gasteiger charge is -2.35. The van der Waals surface area contributed by atoms with Gasteiger partial charge in [-0.1, -0.05) is 25.1 Å². The Labute approximate surface area is 149 Å². The average Bonchev–Trinajstić information content (AvgIpc) is 3.05. The van der Waals surface area contributed by atoms with Gasteiger partial charge in [-0.3, -0.25) is 4.90 Å². The van der Waals surface area contributed by atoms with E-state index in [-0.39, 0.29) is 12.4 Å². The number of halogens is 1. The highest BCUT2D eigenvalue weighted by Gasteiger charge is 2.25. The van der Waals surface area contributed by atoms with Gasteiger partial charge in [0.05, 0.1) is 0 Å². The predicted octanol–water partition coefficient (Wildman–Crippen LogP) is 4.69. The summed E-state index contributed by atoms with van der Waals surface area (Å²) in [5.74, 6) is 0.483. The minimum atomic E-state index is 0. The van der Waals surface area contributed by atoms with Crippen LogP contribution in [0.3, 0.4) is 0 Å². The molecular formula is C19H26ClNOS. The van der Waals surface area contributed by atoms with Gasteiger partial charge in [0.25, 0.3) is 0 Å². The fourth-order valence-corrected chi connectivity index (χ4v) is 4.25. The van der Waals surface area contributed by atoms with E-state index in [1.54, 1.807) is 0 Å². The maximum atomic E-state index is 10.0. The third-order valence-electron chi connectivity index (χ3n) is 4.68. The molecule has 2 aromatic rings. The van der Waals surface area contributed by atoms with E-state index in [2.05, 4.69) is 35.4 Å². The van der Waals surface area contributed by atoms with Crippen LogP contribution in [0.5, 0.6) is 5.75 Å². The summed E-state index contributed by atoms with van der Waals surface area (Å²) in [7, 11) is 0. The van der Waals surface area contributed by atoms with E-state index in [1.807, 2.05) is 23.5 Å². The van der Waals surface area contributed by atoms with Gasteiger partial charge in [-0.15, -0.1) is 23.7 Å². The first kappa shape index (κ1) is 18.3. The summed E-state index contributed by atoms with van der Waals surface area (Å²) in [6, 6.07) is 11.0. The van der Waals surface area contributed by atoms with Crippen molar-refractivity contribution in [2.75, 3.05) is 13.1 Å². The topological polar surface area (TPSA) is 23.5 Å². The van der Waals surface area contributed by atoms with E-state index in [4.69, 9.17) is 0 Å². The normalized spacial score (nSPS) is 16.9. The van der Waals surface area contributed by atoms with Crippen molar-refractivity contribution in [2.24, 2.45) is 0 Å². The van der Waals surface area contributed by atoms with Gasteiger partial charge in [0.1, 0.15) is 5.75 Å². The molecule has 0 bridgehead atoms. The Morgan fingerprint density at radius 3 is 2.83 bits per heavy atom. The predicted molar refractivity (Wildman–Crippen MR) is 101 cm³/mol. The zero-order chi connectivity index (χ0) is 15.4. The van der Waals surface area contributed by atoms with Gasteiger partial charge in [0.2, 0.25) is 0 Å². The molecule has 23 heavy (non-hydrogen) atoms. The van der Waals surface area contributed by atoms with Crippen molar-refractivity contribution < 1.29 is 5.11 Å². The molecule has 0 saturated heterocycles. The van der Waals surface area contributed by atoms with E-state index in [0.29, 0.717) is 11.8 Å². The highest BCUT2D eigenvalue weighted by Crippen LogP contribution is 2.30. The molecule has 1 heterocycles. The Hall–Kier alpha value is -1.03. The van der Waals surface area contributed by atoms with Crippen molar-refractivity contribution in [1.29, 1.82) is 0 Å². The SMILES string of the molecule is CCCN(CCc1cccs1)[C@@H]1CCc2c(O)cccc2C1.Cl. The number of hydrogen-bond acceptors (Lipinski definition) is 3. The van der Waals surface area contributed by atoms with Crippen LogP contribution in [0.25, 0.3) is 0 Å². The highest BCUT2D eigenvalue weighted by atomic mass is 35.5. The molecule has 0 fully saturated rings. The van der Waals surface area contributed by atoms with E-state index in [1.165, 1.54) is 29.0 Å². The molecule has 2 nitrogen and oxygen atoms in total. The summed E-state index contributed by atoms with van der Waals surface area (Å²) in [4.78, 5) is 4.14. The van der Waals surface area contributed by atoms with Gasteiger partial charge in [-0.25, -0.2) is 0 Å². The van der Waals surface area contributed by atoms with Gasteiger partial charge < -0.3 is 5.11 Å². The van der Waals surface area contributed by atoms with Crippen LogP contribution in [0.2, 0.25) is 0 Å². The van der Waals surface area contributed by atoms with Gasteiger partial charge in [-0.05, 0) is 67.3 Å². The van der Waals surface area contributed by atoms with Crippen molar-refractivity contribution >= 4 is 23.7 Å². The largest absolute Gasteiger partial charge is 0.508 e. The highest BCUT2D eigenvalue weighted by molar-refractivity contribution is 7.09. The first-order valence-electron chi connectivity index (χ1n) is 8.34. The van der Waals surface area contributed by atoms with E-state index in [0.717, 1.165) is 32.2 Å². The minimum Gasteiger partial charge on any atom is -0.508 e. The van der Waals surface area contributed by atoms with Gasteiger partial charge in [0, 0.05) is 17.5 Å². The summed E-state index contributed by atoms with van der Waals surface area (Å²) in [5, 5.41) is 12.2. The summed E-state index contributed by atoms with van der Waals surface area (Å²) in [6.45, 7) is 4.58. The van der Waals surface area contributed by atoms with E-state index < -0.39 is 0 Å². The number of rotatable bonds is 6. The number of thiophene rings is 1. The molecule has 1 aromatic carbocycles. The molecule has 1 atom stereocenters. The van der Waals surface area contributed by atoms with Crippen LogP contribution in [-0.4, -0.2) is 29.1 Å². The molecule has 126 valence electrons. The Balaban J connectivity index is 0.00000192. The second-order valence-corrected chi connectivity index (χ2v) is 7.21. The quantitative estimate of drug-likeness (QED) is 0.816. The standard InChI is InChI=1S/C19H25NOS.ClH/c1-2-11-20(12-10-17-6-4-13-22-17)16-8-9-18-15(14-16)5-3-7-19(18)21;/h3-7,13,16,21H,2,8-12,14H2,1H3;1H/t16-;/m1./s1. The third kappa shape index (κ3) is 4.50. The van der Waals surface area contributed by atoms with Crippen molar-refractivity contribution in [1.82, 2.24) is 4.90 Å². The van der Waals surface area contributed by atoms with Crippen molar-refractivity contribution in [2.45, 2.75) is 45.1 Å². The second-order valence-electron chi connectivity index (χ2n) is 6.18. The lowest BCUT2D eigenvalue weighted by molar-refractivity contribution is 0.181. The molecule has 0 spiro atoms. The third-order valence-corrected chi connectivity index (χ3v) is 5.62. The molecule has 1 N–H and O–H groups in total. The van der Waals surface area contributed by atoms with Crippen LogP contribution in [0.1, 0.15) is 35.8 Å². The summed E-state index contributed by atoms with van der Waals surface area (Å²) < 4.78 is 0. The van der Waals surface area contributed by atoms with Gasteiger partial charge >= 0.3 is 0 Å². The van der Waals surface area contributed by atoms with Crippen molar-refractivity contribution in [3.63, 3.8) is 0 Å². The van der Waals surface area contributed by atoms with E-state index >= 15 is 0 Å². The van der Waals surface area contributed by atoms with Crippen LogP contribution < -0.4 is 0 Å². The summed E-state index contributed by atoms with van der Waals surface area (Å²) in [5.41, 5.74) is 2.52.